The molecule has 2 heterocycles. The summed E-state index contributed by atoms with van der Waals surface area (Å²) in [5, 5.41) is 6.08. The molecule has 2 aromatic heterocycles. The summed E-state index contributed by atoms with van der Waals surface area (Å²) in [6.07, 6.45) is 3.10. The standard InChI is InChI=1S/C24H29N5O4S/c1-4-8-18(13-22(30)26-34(25,32)33)29-20-11-6-5-10-19(20)28(24(29)31)15-17-14-27(3)21-12-7-9-16(2)23(17)21/h5-7,9-12,14,18H,4,8,13,15H2,1-3H3,(H,26,30)(H2,25,32,33). The average Bonchev–Trinajstić information content (AvgIpc) is 3.22. The first-order valence-corrected chi connectivity index (χ1v) is 12.7. The van der Waals surface area contributed by atoms with Crippen LogP contribution < -0.4 is 15.6 Å². The van der Waals surface area contributed by atoms with Crippen molar-refractivity contribution in [1.82, 2.24) is 18.4 Å². The largest absolute Gasteiger partial charge is 0.350 e. The van der Waals surface area contributed by atoms with Gasteiger partial charge in [-0.15, -0.1) is 0 Å². The second-order valence-electron chi connectivity index (χ2n) is 8.68. The number of benzene rings is 2. The summed E-state index contributed by atoms with van der Waals surface area (Å²) in [5.41, 5.74) is 4.47. The lowest BCUT2D eigenvalue weighted by molar-refractivity contribution is -0.120. The van der Waals surface area contributed by atoms with Gasteiger partial charge in [-0.05, 0) is 42.7 Å². The normalized spacial score (nSPS) is 12.9. The molecule has 10 heteroatoms. The molecule has 34 heavy (non-hydrogen) atoms. The van der Waals surface area contributed by atoms with Crippen molar-refractivity contribution in [2.24, 2.45) is 12.2 Å². The predicted molar refractivity (Wildman–Crippen MR) is 133 cm³/mol. The van der Waals surface area contributed by atoms with Gasteiger partial charge in [0, 0.05) is 36.6 Å². The number of hydrogen-bond acceptors (Lipinski definition) is 4. The van der Waals surface area contributed by atoms with E-state index in [2.05, 4.69) is 23.6 Å². The highest BCUT2D eigenvalue weighted by atomic mass is 32.2. The van der Waals surface area contributed by atoms with Gasteiger partial charge >= 0.3 is 5.69 Å². The number of nitrogens with two attached hydrogens (primary N) is 1. The van der Waals surface area contributed by atoms with Crippen LogP contribution in [0.3, 0.4) is 0 Å². The van der Waals surface area contributed by atoms with E-state index in [1.807, 2.05) is 55.2 Å². The summed E-state index contributed by atoms with van der Waals surface area (Å²) in [6, 6.07) is 13.1. The number of fused-ring (bicyclic) bond motifs is 2. The zero-order valence-corrected chi connectivity index (χ0v) is 20.3. The molecule has 0 aliphatic carbocycles. The summed E-state index contributed by atoms with van der Waals surface area (Å²) in [6.45, 7) is 4.38. The SMILES string of the molecule is CCCC(CC(=O)NS(N)(=O)=O)n1c(=O)n(Cc2cn(C)c3cccc(C)c23)c2ccccc21. The first-order chi connectivity index (χ1) is 16.1. The first kappa shape index (κ1) is 23.8. The molecule has 0 saturated heterocycles. The van der Waals surface area contributed by atoms with Gasteiger partial charge in [0.15, 0.2) is 0 Å². The third kappa shape index (κ3) is 4.51. The van der Waals surface area contributed by atoms with E-state index >= 15 is 0 Å². The Balaban J connectivity index is 1.83. The van der Waals surface area contributed by atoms with Crippen LogP contribution in [0, 0.1) is 6.92 Å². The molecule has 3 N–H and O–H groups in total. The zero-order chi connectivity index (χ0) is 24.6. The molecular weight excluding hydrogens is 454 g/mol. The topological polar surface area (TPSA) is 121 Å². The van der Waals surface area contributed by atoms with Gasteiger partial charge in [-0.3, -0.25) is 13.9 Å². The van der Waals surface area contributed by atoms with E-state index in [1.54, 1.807) is 9.13 Å². The van der Waals surface area contributed by atoms with Crippen molar-refractivity contribution in [2.45, 2.75) is 45.7 Å². The van der Waals surface area contributed by atoms with E-state index in [4.69, 9.17) is 5.14 Å². The molecule has 1 amide bonds. The van der Waals surface area contributed by atoms with Crippen LogP contribution >= 0.6 is 0 Å². The van der Waals surface area contributed by atoms with Gasteiger partial charge in [0.1, 0.15) is 0 Å². The van der Waals surface area contributed by atoms with Gasteiger partial charge in [0.2, 0.25) is 5.91 Å². The van der Waals surface area contributed by atoms with Crippen LogP contribution in [0.25, 0.3) is 21.9 Å². The maximum atomic E-state index is 13.7. The highest BCUT2D eigenvalue weighted by Gasteiger charge is 2.24. The second-order valence-corrected chi connectivity index (χ2v) is 9.97. The van der Waals surface area contributed by atoms with E-state index < -0.39 is 22.2 Å². The Morgan fingerprint density at radius 3 is 2.44 bits per heavy atom. The smallest absolute Gasteiger partial charge is 0.329 e. The molecule has 180 valence electrons. The van der Waals surface area contributed by atoms with Gasteiger partial charge in [0.05, 0.1) is 17.6 Å². The Labute approximate surface area is 198 Å². The fourth-order valence-electron chi connectivity index (χ4n) is 4.83. The Kier molecular flexibility index (Phi) is 6.37. The Morgan fingerprint density at radius 1 is 1.09 bits per heavy atom. The lowest BCUT2D eigenvalue weighted by Crippen LogP contribution is -2.38. The molecular formula is C24H29N5O4S. The number of hydrogen-bond donors (Lipinski definition) is 2. The molecule has 1 unspecified atom stereocenters. The van der Waals surface area contributed by atoms with Gasteiger partial charge in [0.25, 0.3) is 10.2 Å². The number of carbonyl (C=O) groups excluding carboxylic acids is 1. The quantitative estimate of drug-likeness (QED) is 0.400. The summed E-state index contributed by atoms with van der Waals surface area (Å²) < 4.78 is 29.8. The van der Waals surface area contributed by atoms with Crippen molar-refractivity contribution in [3.8, 4) is 0 Å². The fourth-order valence-corrected chi connectivity index (χ4v) is 5.23. The molecule has 0 saturated carbocycles. The molecule has 0 bridgehead atoms. The maximum absolute atomic E-state index is 13.7. The van der Waals surface area contributed by atoms with Crippen LogP contribution in [0.4, 0.5) is 0 Å². The molecule has 0 aliphatic heterocycles. The summed E-state index contributed by atoms with van der Waals surface area (Å²) in [5.74, 6) is -0.741. The highest BCUT2D eigenvalue weighted by Crippen LogP contribution is 2.27. The Morgan fingerprint density at radius 2 is 1.76 bits per heavy atom. The summed E-state index contributed by atoms with van der Waals surface area (Å²) in [4.78, 5) is 26.1. The predicted octanol–water partition coefficient (Wildman–Crippen LogP) is 2.70. The molecule has 9 nitrogen and oxygen atoms in total. The van der Waals surface area contributed by atoms with Crippen molar-refractivity contribution in [2.75, 3.05) is 0 Å². The third-order valence-electron chi connectivity index (χ3n) is 6.16. The van der Waals surface area contributed by atoms with Crippen molar-refractivity contribution >= 4 is 38.1 Å². The molecule has 0 fully saturated rings. The minimum Gasteiger partial charge on any atom is -0.350 e. The Bertz CT molecular complexity index is 1540. The first-order valence-electron chi connectivity index (χ1n) is 11.2. The molecule has 0 radical (unpaired) electrons. The zero-order valence-electron chi connectivity index (χ0n) is 19.5. The number of imidazole rings is 1. The van der Waals surface area contributed by atoms with E-state index in [9.17, 15) is 18.0 Å². The summed E-state index contributed by atoms with van der Waals surface area (Å²) >= 11 is 0. The molecule has 2 aromatic carbocycles. The van der Waals surface area contributed by atoms with E-state index in [0.29, 0.717) is 24.9 Å². The van der Waals surface area contributed by atoms with E-state index in [1.165, 1.54) is 0 Å². The van der Waals surface area contributed by atoms with E-state index in [0.717, 1.165) is 27.5 Å². The van der Waals surface area contributed by atoms with Crippen LogP contribution in [-0.2, 0) is 28.6 Å². The van der Waals surface area contributed by atoms with E-state index in [-0.39, 0.29) is 12.1 Å². The van der Waals surface area contributed by atoms with Crippen LogP contribution in [-0.4, -0.2) is 28.0 Å². The molecule has 4 aromatic rings. The lowest BCUT2D eigenvalue weighted by atomic mass is 10.1. The number of para-hydroxylation sites is 2. The maximum Gasteiger partial charge on any atom is 0.329 e. The highest BCUT2D eigenvalue weighted by molar-refractivity contribution is 7.87. The molecule has 1 atom stereocenters. The average molecular weight is 484 g/mol. The summed E-state index contributed by atoms with van der Waals surface area (Å²) in [7, 11) is -2.19. The number of aromatic nitrogens is 3. The van der Waals surface area contributed by atoms with Crippen LogP contribution in [0.2, 0.25) is 0 Å². The van der Waals surface area contributed by atoms with Gasteiger partial charge in [-0.2, -0.15) is 8.42 Å². The number of aryl methyl sites for hydroxylation is 2. The number of rotatable bonds is 8. The second kappa shape index (κ2) is 9.11. The Hall–Kier alpha value is -3.37. The van der Waals surface area contributed by atoms with Crippen LogP contribution in [0.5, 0.6) is 0 Å². The van der Waals surface area contributed by atoms with Gasteiger partial charge in [-0.25, -0.2) is 14.7 Å². The van der Waals surface area contributed by atoms with Crippen molar-refractivity contribution in [1.29, 1.82) is 0 Å². The number of amides is 1. The minimum absolute atomic E-state index is 0.175. The van der Waals surface area contributed by atoms with Crippen LogP contribution in [0.15, 0.2) is 53.5 Å². The van der Waals surface area contributed by atoms with Gasteiger partial charge in [-0.1, -0.05) is 37.6 Å². The van der Waals surface area contributed by atoms with Crippen LogP contribution in [0.1, 0.15) is 43.4 Å². The molecule has 0 aliphatic rings. The number of carbonyl (C=O) groups is 1. The fraction of sp³-hybridized carbons (Fsp3) is 0.333. The molecule has 0 spiro atoms. The monoisotopic (exact) mass is 483 g/mol. The molecule has 4 rings (SSSR count). The van der Waals surface area contributed by atoms with Gasteiger partial charge < -0.3 is 4.57 Å². The third-order valence-corrected chi connectivity index (χ3v) is 6.68. The number of nitrogens with one attached hydrogen (secondary N) is 1. The number of nitrogens with zero attached hydrogens (tertiary/aromatic N) is 3. The van der Waals surface area contributed by atoms with Crippen molar-refractivity contribution in [3.63, 3.8) is 0 Å². The van der Waals surface area contributed by atoms with Crippen molar-refractivity contribution < 1.29 is 13.2 Å². The lowest BCUT2D eigenvalue weighted by Gasteiger charge is -2.17. The minimum atomic E-state index is -4.17. The van der Waals surface area contributed by atoms with Crippen molar-refractivity contribution in [3.05, 3.63) is 70.3 Å².